The second kappa shape index (κ2) is 18.5. The Hall–Kier alpha value is -6.04. The summed E-state index contributed by atoms with van der Waals surface area (Å²) in [6, 6.07) is 24.5. The molecule has 4 aliphatic rings. The van der Waals surface area contributed by atoms with E-state index in [-0.39, 0.29) is 87.1 Å². The monoisotopic (exact) mass is 764 g/mol. The molecular formula is C44H52N4O8. The van der Waals surface area contributed by atoms with Crippen molar-refractivity contribution in [2.24, 2.45) is 0 Å². The van der Waals surface area contributed by atoms with Crippen molar-refractivity contribution in [2.45, 2.75) is 52.4 Å². The van der Waals surface area contributed by atoms with E-state index in [0.717, 1.165) is 11.1 Å². The minimum atomic E-state index is -0.315. The fraction of sp³-hybridized carbons (Fsp3) is 0.364. The minimum absolute atomic E-state index is 0.222. The molecule has 4 aromatic rings. The van der Waals surface area contributed by atoms with E-state index in [2.05, 4.69) is 21.3 Å². The first-order valence-electron chi connectivity index (χ1n) is 18.8. The van der Waals surface area contributed by atoms with E-state index in [4.69, 9.17) is 18.9 Å². The highest BCUT2D eigenvalue weighted by Crippen LogP contribution is 2.26. The summed E-state index contributed by atoms with van der Waals surface area (Å²) in [5.41, 5.74) is 2.60. The lowest BCUT2D eigenvalue weighted by molar-refractivity contribution is 0.0931. The zero-order chi connectivity index (χ0) is 40.3. The first kappa shape index (κ1) is 41.1. The van der Waals surface area contributed by atoms with Crippen molar-refractivity contribution < 1.29 is 38.1 Å². The Morgan fingerprint density at radius 2 is 0.589 bits per heavy atom. The van der Waals surface area contributed by atoms with E-state index in [1.807, 2.05) is 41.5 Å². The van der Waals surface area contributed by atoms with Crippen molar-refractivity contribution in [3.05, 3.63) is 118 Å². The second-order valence-corrected chi connectivity index (χ2v) is 15.5. The summed E-state index contributed by atoms with van der Waals surface area (Å²) in [5.74, 6) is 1.12. The fourth-order valence-corrected chi connectivity index (χ4v) is 5.65. The van der Waals surface area contributed by atoms with Crippen LogP contribution in [0.2, 0.25) is 0 Å². The molecular weight excluding hydrogens is 713 g/mol. The van der Waals surface area contributed by atoms with Gasteiger partial charge >= 0.3 is 0 Å². The predicted octanol–water partition coefficient (Wildman–Crippen LogP) is 5.83. The first-order chi connectivity index (χ1) is 26.7. The van der Waals surface area contributed by atoms with E-state index >= 15 is 0 Å². The highest BCUT2D eigenvalue weighted by atomic mass is 16.5. The molecule has 0 aromatic heterocycles. The van der Waals surface area contributed by atoms with Crippen LogP contribution in [0.15, 0.2) is 84.9 Å². The molecule has 4 aliphatic heterocycles. The van der Waals surface area contributed by atoms with Gasteiger partial charge in [0.05, 0.1) is 26.2 Å². The van der Waals surface area contributed by atoms with Gasteiger partial charge in [0.1, 0.15) is 49.4 Å². The molecule has 0 saturated carbocycles. The first-order valence-corrected chi connectivity index (χ1v) is 18.8. The van der Waals surface area contributed by atoms with Gasteiger partial charge in [0, 0.05) is 22.3 Å². The highest BCUT2D eigenvalue weighted by Gasteiger charge is 2.21. The Morgan fingerprint density at radius 3 is 0.786 bits per heavy atom. The number of ether oxygens (including phenoxy) is 4. The Balaban J connectivity index is 1.28. The SMILES string of the molecule is CC(C)(C)c1cc2cc(c1)C(=O)NCCOc1ccc(cc1)OCCNC(=O)c1cc(cc(C(C)(C)C)c1)C(=O)NCCOc1ccc(cc1)OCCNC2=O. The van der Waals surface area contributed by atoms with Gasteiger partial charge in [-0.3, -0.25) is 19.2 Å². The zero-order valence-corrected chi connectivity index (χ0v) is 33.0. The van der Waals surface area contributed by atoms with Crippen molar-refractivity contribution >= 4 is 23.6 Å². The summed E-state index contributed by atoms with van der Waals surface area (Å²) >= 11 is 0. The Kier molecular flexibility index (Phi) is 13.6. The minimum Gasteiger partial charge on any atom is -0.492 e. The molecule has 0 saturated heterocycles. The van der Waals surface area contributed by atoms with Gasteiger partial charge in [-0.2, -0.15) is 0 Å². The molecule has 0 aliphatic carbocycles. The zero-order valence-electron chi connectivity index (χ0n) is 33.0. The third-order valence-corrected chi connectivity index (χ3v) is 8.92. The van der Waals surface area contributed by atoms with Crippen molar-refractivity contribution in [1.29, 1.82) is 0 Å². The molecule has 4 N–H and O–H groups in total. The van der Waals surface area contributed by atoms with Crippen LogP contribution in [0.25, 0.3) is 0 Å². The molecule has 0 atom stereocenters. The molecule has 8 bridgehead atoms. The lowest BCUT2D eigenvalue weighted by atomic mass is 9.85. The van der Waals surface area contributed by atoms with Crippen LogP contribution in [0.4, 0.5) is 0 Å². The van der Waals surface area contributed by atoms with Crippen LogP contribution in [0, 0.1) is 0 Å². The summed E-state index contributed by atoms with van der Waals surface area (Å²) in [6.07, 6.45) is 0. The average Bonchev–Trinajstić information content (AvgIpc) is 3.17. The normalized spacial score (nSPS) is 15.7. The predicted molar refractivity (Wildman–Crippen MR) is 214 cm³/mol. The van der Waals surface area contributed by atoms with Crippen LogP contribution in [0.3, 0.4) is 0 Å². The van der Waals surface area contributed by atoms with Crippen LogP contribution in [0.1, 0.15) is 94.1 Å². The van der Waals surface area contributed by atoms with Gasteiger partial charge < -0.3 is 40.2 Å². The molecule has 0 radical (unpaired) electrons. The summed E-state index contributed by atoms with van der Waals surface area (Å²) < 4.78 is 23.3. The number of amides is 4. The van der Waals surface area contributed by atoms with Crippen LogP contribution >= 0.6 is 0 Å². The molecule has 0 fully saturated rings. The maximum atomic E-state index is 13.2. The quantitative estimate of drug-likeness (QED) is 0.175. The number of carbonyl (C=O) groups is 4. The fourth-order valence-electron chi connectivity index (χ4n) is 5.65. The maximum Gasteiger partial charge on any atom is 0.251 e. The number of benzene rings is 4. The van der Waals surface area contributed by atoms with Crippen molar-refractivity contribution in [3.63, 3.8) is 0 Å². The summed E-state index contributed by atoms with van der Waals surface area (Å²) in [7, 11) is 0. The number of carbonyl (C=O) groups excluding carboxylic acids is 4. The van der Waals surface area contributed by atoms with Gasteiger partial charge in [0.15, 0.2) is 0 Å². The topological polar surface area (TPSA) is 153 Å². The molecule has 0 spiro atoms. The summed E-state index contributed by atoms with van der Waals surface area (Å²) in [6.45, 7) is 14.0. The molecule has 8 rings (SSSR count). The second-order valence-electron chi connectivity index (χ2n) is 15.5. The summed E-state index contributed by atoms with van der Waals surface area (Å²) in [4.78, 5) is 52.8. The largest absolute Gasteiger partial charge is 0.492 e. The smallest absolute Gasteiger partial charge is 0.251 e. The Bertz CT molecular complexity index is 1730. The number of rotatable bonds is 0. The van der Waals surface area contributed by atoms with E-state index < -0.39 is 0 Å². The van der Waals surface area contributed by atoms with Gasteiger partial charge in [-0.25, -0.2) is 0 Å². The van der Waals surface area contributed by atoms with E-state index in [1.165, 1.54) is 0 Å². The van der Waals surface area contributed by atoms with E-state index in [1.54, 1.807) is 84.9 Å². The molecule has 4 amide bonds. The summed E-state index contributed by atoms with van der Waals surface area (Å²) in [5, 5.41) is 11.5. The standard InChI is InChI=1S/C44H52N4O8/c1-43(2,3)33-25-29-23-30(26-33)40(50)46-16-20-54-36-9-13-38(14-10-36)56-22-18-48-42(52)32-24-31(27-34(28-32)44(4,5)6)41(51)47-17-21-55-37-11-7-35(8-12-37)53-19-15-45-39(29)49/h7-14,23-28H,15-22H2,1-6H3,(H,45,49)(H,46,50)(H,47,51)(H,48,52). The van der Waals surface area contributed by atoms with Crippen LogP contribution < -0.4 is 40.2 Å². The van der Waals surface area contributed by atoms with Gasteiger partial charge in [0.25, 0.3) is 23.6 Å². The van der Waals surface area contributed by atoms with Crippen molar-refractivity contribution in [2.75, 3.05) is 52.6 Å². The molecule has 12 heteroatoms. The van der Waals surface area contributed by atoms with Gasteiger partial charge in [-0.05, 0) is 107 Å². The lowest BCUT2D eigenvalue weighted by Crippen LogP contribution is -2.31. The van der Waals surface area contributed by atoms with Gasteiger partial charge in [-0.1, -0.05) is 41.5 Å². The van der Waals surface area contributed by atoms with Gasteiger partial charge in [0.2, 0.25) is 0 Å². The molecule has 4 aromatic carbocycles. The van der Waals surface area contributed by atoms with Crippen LogP contribution in [-0.4, -0.2) is 76.2 Å². The van der Waals surface area contributed by atoms with Crippen LogP contribution in [-0.2, 0) is 10.8 Å². The van der Waals surface area contributed by atoms with Crippen molar-refractivity contribution in [3.8, 4) is 23.0 Å². The molecule has 12 nitrogen and oxygen atoms in total. The number of hydrogen-bond donors (Lipinski definition) is 4. The maximum absolute atomic E-state index is 13.2. The third-order valence-electron chi connectivity index (χ3n) is 8.92. The highest BCUT2D eigenvalue weighted by molar-refractivity contribution is 6.01. The number of nitrogens with one attached hydrogen (secondary N) is 4. The Labute approximate surface area is 328 Å². The third kappa shape index (κ3) is 12.0. The Morgan fingerprint density at radius 1 is 0.375 bits per heavy atom. The molecule has 296 valence electrons. The number of hydrogen-bond acceptors (Lipinski definition) is 8. The molecule has 56 heavy (non-hydrogen) atoms. The molecule has 0 unspecified atom stereocenters. The molecule has 4 heterocycles. The van der Waals surface area contributed by atoms with Crippen molar-refractivity contribution in [1.82, 2.24) is 21.3 Å². The lowest BCUT2D eigenvalue weighted by Gasteiger charge is -2.21. The average molecular weight is 765 g/mol. The van der Waals surface area contributed by atoms with E-state index in [9.17, 15) is 19.2 Å². The van der Waals surface area contributed by atoms with E-state index in [0.29, 0.717) is 45.3 Å². The van der Waals surface area contributed by atoms with Gasteiger partial charge in [-0.15, -0.1) is 0 Å². The van der Waals surface area contributed by atoms with Crippen LogP contribution in [0.5, 0.6) is 23.0 Å².